The first-order valence-corrected chi connectivity index (χ1v) is 6.58. The van der Waals surface area contributed by atoms with E-state index in [2.05, 4.69) is 51.9 Å². The molecule has 1 aromatic rings. The zero-order valence-electron chi connectivity index (χ0n) is 9.28. The minimum Gasteiger partial charge on any atom is -0.357 e. The molecule has 1 atom stereocenters. The van der Waals surface area contributed by atoms with Crippen LogP contribution in [0.5, 0.6) is 0 Å². The summed E-state index contributed by atoms with van der Waals surface area (Å²) in [4.78, 5) is 6.76. The number of hydrogen-bond acceptors (Lipinski definition) is 2. The highest BCUT2D eigenvalue weighted by atomic mass is 79.9. The van der Waals surface area contributed by atoms with E-state index in [-0.39, 0.29) is 0 Å². The maximum absolute atomic E-state index is 4.48. The molecule has 0 aromatic carbocycles. The standard InChI is InChI=1S/C12H17BrN2/c1-9(11-4-5-11)15(2)12-6-3-10(7-13)8-14-12/h3,6,8-9,11H,4-5,7H2,1-2H3. The summed E-state index contributed by atoms with van der Waals surface area (Å²) in [7, 11) is 2.14. The van der Waals surface area contributed by atoms with Gasteiger partial charge in [0, 0.05) is 24.6 Å². The summed E-state index contributed by atoms with van der Waals surface area (Å²) < 4.78 is 0. The number of aromatic nitrogens is 1. The monoisotopic (exact) mass is 268 g/mol. The predicted molar refractivity (Wildman–Crippen MR) is 67.5 cm³/mol. The van der Waals surface area contributed by atoms with Crippen molar-refractivity contribution >= 4 is 21.7 Å². The molecule has 1 saturated carbocycles. The number of halogens is 1. The van der Waals surface area contributed by atoms with Crippen molar-refractivity contribution < 1.29 is 0 Å². The van der Waals surface area contributed by atoms with Crippen LogP contribution in [0.2, 0.25) is 0 Å². The smallest absolute Gasteiger partial charge is 0.128 e. The Kier molecular flexibility index (Phi) is 3.29. The minimum absolute atomic E-state index is 0.618. The number of pyridine rings is 1. The Balaban J connectivity index is 2.07. The first-order valence-electron chi connectivity index (χ1n) is 5.46. The van der Waals surface area contributed by atoms with Crippen LogP contribution in [-0.4, -0.2) is 18.1 Å². The van der Waals surface area contributed by atoms with E-state index < -0.39 is 0 Å². The molecular weight excluding hydrogens is 252 g/mol. The lowest BCUT2D eigenvalue weighted by Gasteiger charge is -2.25. The van der Waals surface area contributed by atoms with Crippen LogP contribution in [0.25, 0.3) is 0 Å². The van der Waals surface area contributed by atoms with Crippen LogP contribution in [0.4, 0.5) is 5.82 Å². The molecule has 15 heavy (non-hydrogen) atoms. The maximum atomic E-state index is 4.48. The van der Waals surface area contributed by atoms with Gasteiger partial charge >= 0.3 is 0 Å². The first-order chi connectivity index (χ1) is 7.22. The van der Waals surface area contributed by atoms with Crippen molar-refractivity contribution in [3.05, 3.63) is 23.9 Å². The van der Waals surface area contributed by atoms with Gasteiger partial charge in [0.1, 0.15) is 5.82 Å². The van der Waals surface area contributed by atoms with E-state index in [4.69, 9.17) is 0 Å². The summed E-state index contributed by atoms with van der Waals surface area (Å²) >= 11 is 3.43. The molecule has 0 bridgehead atoms. The van der Waals surface area contributed by atoms with Crippen LogP contribution in [0.1, 0.15) is 25.3 Å². The van der Waals surface area contributed by atoms with Crippen molar-refractivity contribution in [2.24, 2.45) is 5.92 Å². The van der Waals surface area contributed by atoms with E-state index in [9.17, 15) is 0 Å². The van der Waals surface area contributed by atoms with Gasteiger partial charge < -0.3 is 4.90 Å². The predicted octanol–water partition coefficient (Wildman–Crippen LogP) is 3.21. The number of nitrogens with zero attached hydrogens (tertiary/aromatic N) is 2. The summed E-state index contributed by atoms with van der Waals surface area (Å²) in [5, 5.41) is 0.877. The van der Waals surface area contributed by atoms with Crippen molar-refractivity contribution in [3.8, 4) is 0 Å². The lowest BCUT2D eigenvalue weighted by atomic mass is 10.2. The topological polar surface area (TPSA) is 16.1 Å². The van der Waals surface area contributed by atoms with E-state index in [1.807, 2.05) is 6.20 Å². The third kappa shape index (κ3) is 2.51. The highest BCUT2D eigenvalue weighted by molar-refractivity contribution is 9.08. The average Bonchev–Trinajstić information content (AvgIpc) is 3.11. The molecule has 0 N–H and O–H groups in total. The zero-order valence-corrected chi connectivity index (χ0v) is 10.9. The Bertz CT molecular complexity index is 319. The first kappa shape index (κ1) is 10.9. The number of rotatable bonds is 4. The fourth-order valence-corrected chi connectivity index (χ4v) is 2.14. The van der Waals surface area contributed by atoms with Crippen molar-refractivity contribution in [1.29, 1.82) is 0 Å². The van der Waals surface area contributed by atoms with Gasteiger partial charge in [0.05, 0.1) is 0 Å². The molecule has 1 unspecified atom stereocenters. The molecule has 0 radical (unpaired) electrons. The van der Waals surface area contributed by atoms with E-state index in [0.29, 0.717) is 6.04 Å². The van der Waals surface area contributed by atoms with Crippen LogP contribution in [0.3, 0.4) is 0 Å². The second-order valence-electron chi connectivity index (χ2n) is 4.35. The highest BCUT2D eigenvalue weighted by Crippen LogP contribution is 2.35. The van der Waals surface area contributed by atoms with Gasteiger partial charge in [-0.3, -0.25) is 0 Å². The van der Waals surface area contributed by atoms with Gasteiger partial charge in [-0.05, 0) is 37.3 Å². The fraction of sp³-hybridized carbons (Fsp3) is 0.583. The van der Waals surface area contributed by atoms with Crippen LogP contribution in [0, 0.1) is 5.92 Å². The van der Waals surface area contributed by atoms with E-state index in [0.717, 1.165) is 17.1 Å². The molecule has 0 spiro atoms. The quantitative estimate of drug-likeness (QED) is 0.780. The highest BCUT2D eigenvalue weighted by Gasteiger charge is 2.30. The molecule has 82 valence electrons. The Labute approximate surface area is 99.8 Å². The Morgan fingerprint density at radius 2 is 2.27 bits per heavy atom. The van der Waals surface area contributed by atoms with Crippen molar-refractivity contribution in [3.63, 3.8) is 0 Å². The lowest BCUT2D eigenvalue weighted by Crippen LogP contribution is -2.31. The fourth-order valence-electron chi connectivity index (χ4n) is 1.81. The van der Waals surface area contributed by atoms with Gasteiger partial charge in [0.25, 0.3) is 0 Å². The van der Waals surface area contributed by atoms with Gasteiger partial charge in [0.15, 0.2) is 0 Å². The second kappa shape index (κ2) is 4.52. The lowest BCUT2D eigenvalue weighted by molar-refractivity contribution is 0.604. The molecule has 1 heterocycles. The molecular formula is C12H17BrN2. The van der Waals surface area contributed by atoms with Gasteiger partial charge in [-0.25, -0.2) is 4.98 Å². The second-order valence-corrected chi connectivity index (χ2v) is 4.91. The SMILES string of the molecule is CC(C1CC1)N(C)c1ccc(CBr)cn1. The van der Waals surface area contributed by atoms with Crippen LogP contribution in [-0.2, 0) is 5.33 Å². The van der Waals surface area contributed by atoms with Gasteiger partial charge in [-0.1, -0.05) is 22.0 Å². The van der Waals surface area contributed by atoms with Gasteiger partial charge in [-0.15, -0.1) is 0 Å². The Morgan fingerprint density at radius 3 is 2.73 bits per heavy atom. The normalized spacial score (nSPS) is 17.5. The zero-order chi connectivity index (χ0) is 10.8. The van der Waals surface area contributed by atoms with E-state index in [1.54, 1.807) is 0 Å². The van der Waals surface area contributed by atoms with Crippen LogP contribution in [0.15, 0.2) is 18.3 Å². The third-order valence-electron chi connectivity index (χ3n) is 3.24. The van der Waals surface area contributed by atoms with Crippen molar-refractivity contribution in [2.75, 3.05) is 11.9 Å². The molecule has 3 heteroatoms. The Morgan fingerprint density at radius 1 is 1.53 bits per heavy atom. The molecule has 2 nitrogen and oxygen atoms in total. The summed E-state index contributed by atoms with van der Waals surface area (Å²) in [6.07, 6.45) is 4.70. The summed E-state index contributed by atoms with van der Waals surface area (Å²) in [5.41, 5.74) is 1.23. The third-order valence-corrected chi connectivity index (χ3v) is 3.89. The van der Waals surface area contributed by atoms with E-state index in [1.165, 1.54) is 18.4 Å². The largest absolute Gasteiger partial charge is 0.357 e. The van der Waals surface area contributed by atoms with E-state index >= 15 is 0 Å². The molecule has 0 aliphatic heterocycles. The maximum Gasteiger partial charge on any atom is 0.128 e. The van der Waals surface area contributed by atoms with Gasteiger partial charge in [-0.2, -0.15) is 0 Å². The molecule has 1 fully saturated rings. The van der Waals surface area contributed by atoms with Gasteiger partial charge in [0.2, 0.25) is 0 Å². The summed E-state index contributed by atoms with van der Waals surface area (Å²) in [5.74, 6) is 1.96. The molecule has 0 saturated heterocycles. The number of anilines is 1. The van der Waals surface area contributed by atoms with Crippen molar-refractivity contribution in [2.45, 2.75) is 31.1 Å². The molecule has 1 aromatic heterocycles. The Hall–Kier alpha value is -0.570. The molecule has 2 rings (SSSR count). The molecule has 1 aliphatic carbocycles. The average molecular weight is 269 g/mol. The van der Waals surface area contributed by atoms with Crippen molar-refractivity contribution in [1.82, 2.24) is 4.98 Å². The van der Waals surface area contributed by atoms with Crippen LogP contribution < -0.4 is 4.90 Å². The minimum atomic E-state index is 0.618. The number of hydrogen-bond donors (Lipinski definition) is 0. The van der Waals surface area contributed by atoms with Crippen LogP contribution >= 0.6 is 15.9 Å². The molecule has 1 aliphatic rings. The summed E-state index contributed by atoms with van der Waals surface area (Å²) in [6.45, 7) is 2.29. The molecule has 0 amide bonds. The summed E-state index contributed by atoms with van der Waals surface area (Å²) in [6, 6.07) is 4.86. The number of alkyl halides is 1.